The summed E-state index contributed by atoms with van der Waals surface area (Å²) in [5.41, 5.74) is 3.88. The number of rotatable bonds is 0. The first-order valence-electron chi connectivity index (χ1n) is 2.75. The van der Waals surface area contributed by atoms with E-state index in [1.165, 1.54) is 36.2 Å². The van der Waals surface area contributed by atoms with E-state index in [0.29, 0.717) is 0 Å². The van der Waals surface area contributed by atoms with E-state index in [0.717, 1.165) is 13.0 Å². The van der Waals surface area contributed by atoms with E-state index in [2.05, 4.69) is 5.48 Å². The number of hydrogen-bond donors (Lipinski definition) is 0. The van der Waals surface area contributed by atoms with Crippen LogP contribution < -0.4 is 0 Å². The van der Waals surface area contributed by atoms with Crippen molar-refractivity contribution in [2.75, 3.05) is 6.61 Å². The Morgan fingerprint density at radius 1 is 1.44 bits per heavy atom. The van der Waals surface area contributed by atoms with Crippen LogP contribution in [0.1, 0.15) is 19.3 Å². The van der Waals surface area contributed by atoms with Crippen molar-refractivity contribution in [2.24, 2.45) is 0 Å². The van der Waals surface area contributed by atoms with E-state index in [-0.39, 0.29) is 31.1 Å². The molecule has 9 heavy (non-hydrogen) atoms. The third-order valence-corrected chi connectivity index (χ3v) is 2.04. The molecule has 0 bridgehead atoms. The van der Waals surface area contributed by atoms with Gasteiger partial charge in [0.2, 0.25) is 0 Å². The zero-order chi connectivity index (χ0) is 5.82. The second kappa shape index (κ2) is 6.25. The van der Waals surface area contributed by atoms with Crippen molar-refractivity contribution in [1.82, 2.24) is 0 Å². The van der Waals surface area contributed by atoms with Crippen LogP contribution in [-0.2, 0) is 24.2 Å². The second-order valence-corrected chi connectivity index (χ2v) is 3.47. The SMILES string of the molecule is [U].[W]=[C]1CCCCO[N-]1. The molecule has 0 saturated carbocycles. The molecule has 2 nitrogen and oxygen atoms in total. The third kappa shape index (κ3) is 4.87. The molecule has 0 spiro atoms. The molecule has 1 aliphatic heterocycles. The van der Waals surface area contributed by atoms with Gasteiger partial charge in [-0.1, -0.05) is 0 Å². The Kier molecular flexibility index (Phi) is 7.32. The minimum atomic E-state index is 0. The Morgan fingerprint density at radius 3 is 3.00 bits per heavy atom. The Morgan fingerprint density at radius 2 is 2.22 bits per heavy atom. The Labute approximate surface area is 89.8 Å². The van der Waals surface area contributed by atoms with Crippen LogP contribution in [0.3, 0.4) is 0 Å². The van der Waals surface area contributed by atoms with Crippen LogP contribution in [0.5, 0.6) is 0 Å². The topological polar surface area (TPSA) is 23.3 Å². The van der Waals surface area contributed by atoms with Gasteiger partial charge in [0, 0.05) is 31.1 Å². The number of hydrogen-bond acceptors (Lipinski definition) is 1. The number of nitrogens with zero attached hydrogens (tertiary/aromatic N) is 1. The normalized spacial score (nSPS) is 20.2. The van der Waals surface area contributed by atoms with Crippen molar-refractivity contribution < 1.29 is 55.3 Å². The van der Waals surface area contributed by atoms with Gasteiger partial charge in [0.05, 0.1) is 0 Å². The standard InChI is InChI=1S/C5H8NO.U.W/c1-2-4-6-7-5-3-1;;/h1-3,5H2;;/q-1;;. The first-order valence-corrected chi connectivity index (χ1v) is 4.22. The van der Waals surface area contributed by atoms with Crippen LogP contribution in [0.15, 0.2) is 0 Å². The maximum absolute atomic E-state index is 4.92. The van der Waals surface area contributed by atoms with E-state index in [9.17, 15) is 0 Å². The van der Waals surface area contributed by atoms with Crippen molar-refractivity contribution in [3.63, 3.8) is 0 Å². The first-order chi connectivity index (χ1) is 3.89. The van der Waals surface area contributed by atoms with E-state index in [4.69, 9.17) is 4.84 Å². The molecule has 0 N–H and O–H groups in total. The molecule has 0 aromatic rings. The summed E-state index contributed by atoms with van der Waals surface area (Å²) in [4.78, 5) is 4.92. The van der Waals surface area contributed by atoms with Gasteiger partial charge in [0.1, 0.15) is 0 Å². The summed E-state index contributed by atoms with van der Waals surface area (Å²) < 4.78 is 1.21. The molecule has 4 heteroatoms. The van der Waals surface area contributed by atoms with Crippen LogP contribution in [0.4, 0.5) is 0 Å². The third-order valence-electron chi connectivity index (χ3n) is 1.04. The zero-order valence-corrected chi connectivity index (χ0v) is 12.2. The molecule has 1 aliphatic rings. The molecule has 0 unspecified atom stereocenters. The maximum atomic E-state index is 4.92. The molecule has 0 amide bonds. The predicted molar refractivity (Wildman–Crippen MR) is 28.2 cm³/mol. The quantitative estimate of drug-likeness (QED) is 0.471. The summed E-state index contributed by atoms with van der Waals surface area (Å²) in [7, 11) is 0. The molecule has 0 atom stereocenters. The van der Waals surface area contributed by atoms with Gasteiger partial charge in [0.25, 0.3) is 0 Å². The Hall–Kier alpha value is 1.53. The zero-order valence-electron chi connectivity index (χ0n) is 5.09. The van der Waals surface area contributed by atoms with Gasteiger partial charge in [-0.15, -0.1) is 0 Å². The van der Waals surface area contributed by atoms with Crippen molar-refractivity contribution in [3.05, 3.63) is 5.48 Å². The van der Waals surface area contributed by atoms with Gasteiger partial charge < -0.3 is 0 Å². The molecule has 1 fully saturated rings. The van der Waals surface area contributed by atoms with Crippen LogP contribution in [0, 0.1) is 31.1 Å². The van der Waals surface area contributed by atoms with E-state index in [1.807, 2.05) is 0 Å². The monoisotopic (exact) mass is 520 g/mol. The molecule has 0 aromatic carbocycles. The van der Waals surface area contributed by atoms with E-state index < -0.39 is 0 Å². The van der Waals surface area contributed by atoms with E-state index >= 15 is 0 Å². The van der Waals surface area contributed by atoms with Crippen molar-refractivity contribution in [3.8, 4) is 0 Å². The molecular formula is C5H8NOUW-. The molecule has 1 heterocycles. The van der Waals surface area contributed by atoms with Gasteiger partial charge in [0.15, 0.2) is 0 Å². The molecule has 0 radical (unpaired) electrons. The van der Waals surface area contributed by atoms with E-state index in [1.54, 1.807) is 0 Å². The Balaban J connectivity index is 0.000000640. The van der Waals surface area contributed by atoms with Gasteiger partial charge >= 0.3 is 59.6 Å². The van der Waals surface area contributed by atoms with Crippen molar-refractivity contribution in [1.29, 1.82) is 0 Å². The molecular weight excluding hydrogens is 512 g/mol. The van der Waals surface area contributed by atoms with Crippen molar-refractivity contribution >= 4 is 4.02 Å². The summed E-state index contributed by atoms with van der Waals surface area (Å²) in [6.45, 7) is 0.816. The van der Waals surface area contributed by atoms with Crippen LogP contribution in [0.25, 0.3) is 5.48 Å². The fraction of sp³-hybridized carbons (Fsp3) is 0.800. The van der Waals surface area contributed by atoms with Gasteiger partial charge in [-0.3, -0.25) is 0 Å². The summed E-state index contributed by atoms with van der Waals surface area (Å²) >= 11 is 1.45. The Bertz CT molecular complexity index is 89.0. The van der Waals surface area contributed by atoms with Gasteiger partial charge in [-0.05, 0) is 0 Å². The molecule has 1 saturated heterocycles. The summed E-state index contributed by atoms with van der Waals surface area (Å²) in [6, 6.07) is 0. The van der Waals surface area contributed by atoms with Crippen LogP contribution in [0.2, 0.25) is 0 Å². The fourth-order valence-electron chi connectivity index (χ4n) is 0.606. The summed E-state index contributed by atoms with van der Waals surface area (Å²) in [5, 5.41) is 0. The average molecular weight is 520 g/mol. The predicted octanol–water partition coefficient (Wildman–Crippen LogP) is 1.15. The average Bonchev–Trinajstić information content (AvgIpc) is 1.94. The van der Waals surface area contributed by atoms with Crippen LogP contribution >= 0.6 is 0 Å². The van der Waals surface area contributed by atoms with Crippen molar-refractivity contribution in [2.45, 2.75) is 19.3 Å². The fourth-order valence-corrected chi connectivity index (χ4v) is 1.31. The van der Waals surface area contributed by atoms with Crippen LogP contribution in [-0.4, -0.2) is 10.6 Å². The summed E-state index contributed by atoms with van der Waals surface area (Å²) in [6.07, 6.45) is 3.57. The first kappa shape index (κ1) is 10.5. The molecule has 50 valence electrons. The number of hydroxylamine groups is 1. The minimum absolute atomic E-state index is 0. The molecule has 1 rings (SSSR count). The second-order valence-electron chi connectivity index (χ2n) is 1.78. The molecule has 0 aliphatic carbocycles. The van der Waals surface area contributed by atoms with Gasteiger partial charge in [-0.2, -0.15) is 0 Å². The summed E-state index contributed by atoms with van der Waals surface area (Å²) in [5.74, 6) is 0. The molecule has 0 aromatic heterocycles. The van der Waals surface area contributed by atoms with Gasteiger partial charge in [-0.25, -0.2) is 0 Å².